The monoisotopic (exact) mass is 328 g/mol. The van der Waals surface area contributed by atoms with Crippen LogP contribution in [0, 0.1) is 5.82 Å². The van der Waals surface area contributed by atoms with Crippen molar-refractivity contribution in [2.75, 3.05) is 24.5 Å². The first kappa shape index (κ1) is 16.4. The maximum Gasteiger partial charge on any atom is 0.271 e. The molecule has 126 valence electrons. The number of amides is 1. The molecule has 24 heavy (non-hydrogen) atoms. The van der Waals surface area contributed by atoms with Gasteiger partial charge in [0.15, 0.2) is 11.5 Å². The number of halogens is 1. The van der Waals surface area contributed by atoms with Gasteiger partial charge in [0.05, 0.1) is 0 Å². The minimum Gasteiger partial charge on any atom is -0.355 e. The summed E-state index contributed by atoms with van der Waals surface area (Å²) in [6.07, 6.45) is 4.03. The Morgan fingerprint density at radius 1 is 1.08 bits per heavy atom. The van der Waals surface area contributed by atoms with Crippen LogP contribution in [0.25, 0.3) is 0 Å². The number of hydrogen-bond donors (Lipinski definition) is 1. The summed E-state index contributed by atoms with van der Waals surface area (Å²) in [5.74, 6) is 0.277. The Morgan fingerprint density at radius 2 is 1.88 bits per heavy atom. The van der Waals surface area contributed by atoms with Gasteiger partial charge < -0.3 is 10.2 Å². The molecule has 1 saturated heterocycles. The van der Waals surface area contributed by atoms with E-state index in [1.807, 2.05) is 6.07 Å². The molecule has 0 aliphatic carbocycles. The molecule has 3 rings (SSSR count). The van der Waals surface area contributed by atoms with Crippen molar-refractivity contribution in [3.05, 3.63) is 53.5 Å². The topological polar surface area (TPSA) is 58.1 Å². The summed E-state index contributed by atoms with van der Waals surface area (Å²) in [4.78, 5) is 14.3. The van der Waals surface area contributed by atoms with Crippen LogP contribution < -0.4 is 10.2 Å². The summed E-state index contributed by atoms with van der Waals surface area (Å²) in [5, 5.41) is 10.9. The molecule has 2 aromatic rings. The smallest absolute Gasteiger partial charge is 0.271 e. The van der Waals surface area contributed by atoms with Crippen LogP contribution in [0.4, 0.5) is 10.2 Å². The fourth-order valence-corrected chi connectivity index (χ4v) is 2.84. The molecule has 0 atom stereocenters. The predicted molar refractivity (Wildman–Crippen MR) is 90.5 cm³/mol. The zero-order valence-electron chi connectivity index (χ0n) is 13.5. The third-order valence-corrected chi connectivity index (χ3v) is 4.20. The van der Waals surface area contributed by atoms with Crippen molar-refractivity contribution in [1.29, 1.82) is 0 Å². The van der Waals surface area contributed by atoms with Gasteiger partial charge in [-0.1, -0.05) is 18.2 Å². The third-order valence-electron chi connectivity index (χ3n) is 4.20. The van der Waals surface area contributed by atoms with Gasteiger partial charge in [0, 0.05) is 19.6 Å². The lowest BCUT2D eigenvalue weighted by atomic mass is 10.1. The number of rotatable bonds is 5. The van der Waals surface area contributed by atoms with Gasteiger partial charge in [0.25, 0.3) is 5.91 Å². The number of nitrogens with zero attached hydrogens (tertiary/aromatic N) is 3. The molecule has 1 aliphatic heterocycles. The number of hydrogen-bond acceptors (Lipinski definition) is 4. The van der Waals surface area contributed by atoms with Crippen LogP contribution in [-0.4, -0.2) is 35.7 Å². The van der Waals surface area contributed by atoms with Crippen molar-refractivity contribution in [2.24, 2.45) is 0 Å². The first-order valence-corrected chi connectivity index (χ1v) is 8.34. The predicted octanol–water partition coefficient (Wildman–Crippen LogP) is 2.58. The van der Waals surface area contributed by atoms with Gasteiger partial charge in [-0.05, 0) is 49.4 Å². The standard InChI is InChI=1S/C18H21FN4O/c19-15-7-3-2-6-14(15)10-11-20-18(24)16-8-9-17(22-21-16)23-12-4-1-5-13-23/h2-3,6-9H,1,4-5,10-13H2,(H,20,24). The average Bonchev–Trinajstić information content (AvgIpc) is 2.64. The molecule has 1 fully saturated rings. The summed E-state index contributed by atoms with van der Waals surface area (Å²) >= 11 is 0. The van der Waals surface area contributed by atoms with E-state index in [2.05, 4.69) is 20.4 Å². The van der Waals surface area contributed by atoms with Gasteiger partial charge in [0.2, 0.25) is 0 Å². The van der Waals surface area contributed by atoms with Gasteiger partial charge in [-0.15, -0.1) is 10.2 Å². The molecule has 1 aromatic carbocycles. The molecule has 1 N–H and O–H groups in total. The first-order chi connectivity index (χ1) is 11.7. The summed E-state index contributed by atoms with van der Waals surface area (Å²) in [6.45, 7) is 2.33. The van der Waals surface area contributed by atoms with Gasteiger partial charge in [0.1, 0.15) is 5.82 Å². The fraction of sp³-hybridized carbons (Fsp3) is 0.389. The molecule has 5 nitrogen and oxygen atoms in total. The van der Waals surface area contributed by atoms with Crippen LogP contribution in [0.5, 0.6) is 0 Å². The van der Waals surface area contributed by atoms with Gasteiger partial charge in [-0.2, -0.15) is 0 Å². The zero-order valence-corrected chi connectivity index (χ0v) is 13.5. The highest BCUT2D eigenvalue weighted by Gasteiger charge is 2.14. The second kappa shape index (κ2) is 7.86. The minimum atomic E-state index is -0.288. The SMILES string of the molecule is O=C(NCCc1ccccc1F)c1ccc(N2CCCCC2)nn1. The van der Waals surface area contributed by atoms with E-state index < -0.39 is 0 Å². The second-order valence-electron chi connectivity index (χ2n) is 5.92. The first-order valence-electron chi connectivity index (χ1n) is 8.34. The van der Waals surface area contributed by atoms with Crippen molar-refractivity contribution in [3.63, 3.8) is 0 Å². The van der Waals surface area contributed by atoms with Crippen LogP contribution in [0.2, 0.25) is 0 Å². The molecule has 0 unspecified atom stereocenters. The molecular weight excluding hydrogens is 307 g/mol. The summed E-state index contributed by atoms with van der Waals surface area (Å²) < 4.78 is 13.5. The number of benzene rings is 1. The van der Waals surface area contributed by atoms with E-state index in [4.69, 9.17) is 0 Å². The number of piperidine rings is 1. The Hall–Kier alpha value is -2.50. The lowest BCUT2D eigenvalue weighted by Gasteiger charge is -2.27. The van der Waals surface area contributed by atoms with Crippen molar-refractivity contribution in [2.45, 2.75) is 25.7 Å². The van der Waals surface area contributed by atoms with Crippen LogP contribution in [-0.2, 0) is 6.42 Å². The van der Waals surface area contributed by atoms with Crippen molar-refractivity contribution >= 4 is 11.7 Å². The van der Waals surface area contributed by atoms with Gasteiger partial charge >= 0.3 is 0 Å². The third kappa shape index (κ3) is 4.07. The molecule has 0 radical (unpaired) electrons. The summed E-state index contributed by atoms with van der Waals surface area (Å²) in [5.41, 5.74) is 0.869. The van der Waals surface area contributed by atoms with E-state index in [-0.39, 0.29) is 17.4 Å². The molecule has 0 bridgehead atoms. The quantitative estimate of drug-likeness (QED) is 0.916. The highest BCUT2D eigenvalue weighted by molar-refractivity contribution is 5.92. The van der Waals surface area contributed by atoms with E-state index in [0.717, 1.165) is 18.9 Å². The molecule has 1 aromatic heterocycles. The Morgan fingerprint density at radius 3 is 2.58 bits per heavy atom. The average molecular weight is 328 g/mol. The summed E-state index contributed by atoms with van der Waals surface area (Å²) in [6, 6.07) is 10.1. The molecule has 2 heterocycles. The normalized spacial score (nSPS) is 14.5. The lowest BCUT2D eigenvalue weighted by Crippen LogP contribution is -2.31. The maximum atomic E-state index is 13.5. The molecule has 0 saturated carbocycles. The van der Waals surface area contributed by atoms with E-state index >= 15 is 0 Å². The molecule has 0 spiro atoms. The Labute approximate surface area is 140 Å². The van der Waals surface area contributed by atoms with Crippen LogP contribution >= 0.6 is 0 Å². The number of carbonyl (C=O) groups excluding carboxylic acids is 1. The number of carbonyl (C=O) groups is 1. The maximum absolute atomic E-state index is 13.5. The second-order valence-corrected chi connectivity index (χ2v) is 5.92. The molecule has 6 heteroatoms. The van der Waals surface area contributed by atoms with Crippen LogP contribution in [0.15, 0.2) is 36.4 Å². The Kier molecular flexibility index (Phi) is 5.36. The highest BCUT2D eigenvalue weighted by atomic mass is 19.1. The largest absolute Gasteiger partial charge is 0.355 e. The number of nitrogens with one attached hydrogen (secondary N) is 1. The van der Waals surface area contributed by atoms with Crippen LogP contribution in [0.1, 0.15) is 35.3 Å². The molecule has 1 amide bonds. The molecule has 1 aliphatic rings. The van der Waals surface area contributed by atoms with E-state index in [1.165, 1.54) is 25.3 Å². The fourth-order valence-electron chi connectivity index (χ4n) is 2.84. The molecular formula is C18H21FN4O. The minimum absolute atomic E-state index is 0.252. The van der Waals surface area contributed by atoms with Crippen molar-refractivity contribution < 1.29 is 9.18 Å². The van der Waals surface area contributed by atoms with Gasteiger partial charge in [-0.3, -0.25) is 4.79 Å². The van der Waals surface area contributed by atoms with Crippen molar-refractivity contribution in [1.82, 2.24) is 15.5 Å². The van der Waals surface area contributed by atoms with E-state index in [9.17, 15) is 9.18 Å². The summed E-state index contributed by atoms with van der Waals surface area (Å²) in [7, 11) is 0. The zero-order chi connectivity index (χ0) is 16.8. The van der Waals surface area contributed by atoms with Crippen LogP contribution in [0.3, 0.4) is 0 Å². The number of anilines is 1. The lowest BCUT2D eigenvalue weighted by molar-refractivity contribution is 0.0948. The highest BCUT2D eigenvalue weighted by Crippen LogP contribution is 2.16. The van der Waals surface area contributed by atoms with Gasteiger partial charge in [-0.25, -0.2) is 4.39 Å². The number of aromatic nitrogens is 2. The Balaban J connectivity index is 1.52. The van der Waals surface area contributed by atoms with Crippen molar-refractivity contribution in [3.8, 4) is 0 Å². The van der Waals surface area contributed by atoms with E-state index in [0.29, 0.717) is 18.5 Å². The Bertz CT molecular complexity index is 684. The van der Waals surface area contributed by atoms with E-state index in [1.54, 1.807) is 24.3 Å².